The van der Waals surface area contributed by atoms with E-state index in [2.05, 4.69) is 22.1 Å². The molecule has 1 aliphatic heterocycles. The second-order valence-electron chi connectivity index (χ2n) is 6.70. The van der Waals surface area contributed by atoms with Crippen LogP contribution in [0.25, 0.3) is 0 Å². The number of aryl methyl sites for hydroxylation is 1. The van der Waals surface area contributed by atoms with Gasteiger partial charge in [-0.1, -0.05) is 18.5 Å². The molecule has 0 radical (unpaired) electrons. The Morgan fingerprint density at radius 1 is 1.15 bits per heavy atom. The molecule has 1 aliphatic rings. The Balaban J connectivity index is 1.90. The minimum Gasteiger partial charge on any atom is -0.495 e. The topological polar surface area (TPSA) is 59.5 Å². The van der Waals surface area contributed by atoms with Crippen LogP contribution in [0.2, 0.25) is 5.02 Å². The number of hydrogen-bond donors (Lipinski definition) is 1. The van der Waals surface area contributed by atoms with E-state index in [1.165, 1.54) is 12.8 Å². The fourth-order valence-corrected chi connectivity index (χ4v) is 3.48. The Hall–Kier alpha value is -2.21. The predicted octanol–water partition coefficient (Wildman–Crippen LogP) is 4.44. The van der Waals surface area contributed by atoms with Crippen molar-refractivity contribution in [2.45, 2.75) is 26.7 Å². The first-order valence-corrected chi connectivity index (χ1v) is 9.17. The second kappa shape index (κ2) is 7.99. The van der Waals surface area contributed by atoms with E-state index >= 15 is 0 Å². The lowest BCUT2D eigenvalue weighted by Crippen LogP contribution is -2.35. The van der Waals surface area contributed by atoms with Gasteiger partial charge in [-0.15, -0.1) is 0 Å². The van der Waals surface area contributed by atoms with E-state index < -0.39 is 0 Å². The van der Waals surface area contributed by atoms with Crippen molar-refractivity contribution in [3.63, 3.8) is 0 Å². The van der Waals surface area contributed by atoms with Crippen molar-refractivity contribution in [2.75, 3.05) is 37.5 Å². The molecule has 0 amide bonds. The van der Waals surface area contributed by atoms with Crippen molar-refractivity contribution in [2.24, 2.45) is 5.92 Å². The molecule has 1 N–H and O–H groups in total. The third-order valence-corrected chi connectivity index (χ3v) is 4.84. The van der Waals surface area contributed by atoms with E-state index in [-0.39, 0.29) is 0 Å². The summed E-state index contributed by atoms with van der Waals surface area (Å²) >= 11 is 6.18. The van der Waals surface area contributed by atoms with Gasteiger partial charge < -0.3 is 19.7 Å². The minimum absolute atomic E-state index is 0.489. The van der Waals surface area contributed by atoms with Gasteiger partial charge in [-0.3, -0.25) is 0 Å². The van der Waals surface area contributed by atoms with Gasteiger partial charge in [0.15, 0.2) is 0 Å². The number of nitrogens with one attached hydrogen (secondary N) is 1. The van der Waals surface area contributed by atoms with E-state index in [4.69, 9.17) is 26.1 Å². The first kappa shape index (κ1) is 18.6. The molecule has 1 saturated heterocycles. The van der Waals surface area contributed by atoms with Crippen LogP contribution in [-0.4, -0.2) is 37.3 Å². The summed E-state index contributed by atoms with van der Waals surface area (Å²) in [5, 5.41) is 3.73. The van der Waals surface area contributed by atoms with E-state index in [0.717, 1.165) is 24.6 Å². The molecule has 0 spiro atoms. The number of benzene rings is 1. The van der Waals surface area contributed by atoms with Gasteiger partial charge in [-0.2, -0.15) is 4.98 Å². The minimum atomic E-state index is 0.489. The smallest absolute Gasteiger partial charge is 0.229 e. The third-order valence-electron chi connectivity index (χ3n) is 4.54. The molecule has 0 saturated carbocycles. The molecule has 7 heteroatoms. The van der Waals surface area contributed by atoms with E-state index in [1.807, 2.05) is 13.0 Å². The number of rotatable bonds is 5. The lowest BCUT2D eigenvalue weighted by molar-refractivity contribution is 0.405. The van der Waals surface area contributed by atoms with Gasteiger partial charge in [0.25, 0.3) is 0 Å². The predicted molar refractivity (Wildman–Crippen MR) is 105 cm³/mol. The highest BCUT2D eigenvalue weighted by molar-refractivity contribution is 6.32. The molecule has 3 rings (SSSR count). The Morgan fingerprint density at radius 2 is 1.92 bits per heavy atom. The summed E-state index contributed by atoms with van der Waals surface area (Å²) in [5.41, 5.74) is 1.62. The van der Waals surface area contributed by atoms with Gasteiger partial charge in [0.05, 0.1) is 24.9 Å². The second-order valence-corrected chi connectivity index (χ2v) is 7.10. The van der Waals surface area contributed by atoms with Crippen LogP contribution in [0.1, 0.15) is 25.5 Å². The van der Waals surface area contributed by atoms with Gasteiger partial charge >= 0.3 is 0 Å². The van der Waals surface area contributed by atoms with Crippen LogP contribution in [0.4, 0.5) is 17.5 Å². The van der Waals surface area contributed by atoms with Crippen LogP contribution in [0.5, 0.6) is 11.5 Å². The molecule has 140 valence electrons. The normalized spacial score (nSPS) is 17.1. The molecular formula is C19H25ClN4O2. The van der Waals surface area contributed by atoms with Crippen LogP contribution in [0.15, 0.2) is 18.2 Å². The first-order chi connectivity index (χ1) is 12.5. The average Bonchev–Trinajstić information content (AvgIpc) is 2.62. The number of piperidine rings is 1. The third kappa shape index (κ3) is 4.12. The summed E-state index contributed by atoms with van der Waals surface area (Å²) in [4.78, 5) is 11.6. The lowest BCUT2D eigenvalue weighted by atomic mass is 10.0. The summed E-state index contributed by atoms with van der Waals surface area (Å²) in [7, 11) is 3.18. The fraction of sp³-hybridized carbons (Fsp3) is 0.474. The van der Waals surface area contributed by atoms with Gasteiger partial charge in [0, 0.05) is 37.0 Å². The maximum absolute atomic E-state index is 6.18. The molecule has 1 unspecified atom stereocenters. The zero-order valence-corrected chi connectivity index (χ0v) is 16.4. The van der Waals surface area contributed by atoms with Crippen LogP contribution in [-0.2, 0) is 0 Å². The van der Waals surface area contributed by atoms with E-state index in [1.54, 1.807) is 26.4 Å². The standard InChI is InChI=1S/C19H25ClN4O2/c1-12-6-5-7-24(11-12)18-8-13(2)21-19(23-18)22-15-10-16(25-3)14(20)9-17(15)26-4/h8-10,12H,5-7,11H2,1-4H3,(H,21,22,23). The van der Waals surface area contributed by atoms with Crippen molar-refractivity contribution in [3.8, 4) is 11.5 Å². The molecule has 26 heavy (non-hydrogen) atoms. The molecule has 1 aromatic heterocycles. The Bertz CT molecular complexity index is 784. The number of methoxy groups -OCH3 is 2. The monoisotopic (exact) mass is 376 g/mol. The quantitative estimate of drug-likeness (QED) is 0.832. The van der Waals surface area contributed by atoms with Crippen LogP contribution >= 0.6 is 11.6 Å². The molecule has 2 heterocycles. The molecule has 1 fully saturated rings. The summed E-state index contributed by atoms with van der Waals surface area (Å²) in [6.45, 7) is 6.31. The van der Waals surface area contributed by atoms with Crippen molar-refractivity contribution in [3.05, 3.63) is 28.9 Å². The first-order valence-electron chi connectivity index (χ1n) is 8.79. The van der Waals surface area contributed by atoms with Crippen molar-refractivity contribution >= 4 is 29.1 Å². The van der Waals surface area contributed by atoms with Crippen LogP contribution in [0, 0.1) is 12.8 Å². The molecule has 2 aromatic rings. The Morgan fingerprint density at radius 3 is 2.62 bits per heavy atom. The number of halogens is 1. The zero-order valence-electron chi connectivity index (χ0n) is 15.7. The maximum Gasteiger partial charge on any atom is 0.229 e. The van der Waals surface area contributed by atoms with Gasteiger partial charge in [-0.25, -0.2) is 4.98 Å². The molecular weight excluding hydrogens is 352 g/mol. The summed E-state index contributed by atoms with van der Waals surface area (Å²) in [5.74, 6) is 3.32. The highest BCUT2D eigenvalue weighted by atomic mass is 35.5. The number of ether oxygens (including phenoxy) is 2. The molecule has 0 aliphatic carbocycles. The average molecular weight is 377 g/mol. The maximum atomic E-state index is 6.18. The van der Waals surface area contributed by atoms with Crippen molar-refractivity contribution in [1.29, 1.82) is 0 Å². The van der Waals surface area contributed by atoms with Gasteiger partial charge in [0.2, 0.25) is 5.95 Å². The lowest BCUT2D eigenvalue weighted by Gasteiger charge is -2.32. The van der Waals surface area contributed by atoms with Gasteiger partial charge in [-0.05, 0) is 25.7 Å². The number of aromatic nitrogens is 2. The van der Waals surface area contributed by atoms with E-state index in [0.29, 0.717) is 34.1 Å². The van der Waals surface area contributed by atoms with Crippen LogP contribution < -0.4 is 19.7 Å². The molecule has 1 atom stereocenters. The molecule has 0 bridgehead atoms. The number of nitrogens with zero attached hydrogens (tertiary/aromatic N) is 3. The number of hydrogen-bond acceptors (Lipinski definition) is 6. The summed E-state index contributed by atoms with van der Waals surface area (Å²) in [6.07, 6.45) is 2.46. The van der Waals surface area contributed by atoms with E-state index in [9.17, 15) is 0 Å². The van der Waals surface area contributed by atoms with Gasteiger partial charge in [0.1, 0.15) is 17.3 Å². The molecule has 1 aromatic carbocycles. The zero-order chi connectivity index (χ0) is 18.7. The summed E-state index contributed by atoms with van der Waals surface area (Å²) in [6, 6.07) is 5.53. The van der Waals surface area contributed by atoms with Crippen LogP contribution in [0.3, 0.4) is 0 Å². The number of anilines is 3. The Kier molecular flexibility index (Phi) is 5.71. The largest absolute Gasteiger partial charge is 0.495 e. The fourth-order valence-electron chi connectivity index (χ4n) is 3.25. The highest BCUT2D eigenvalue weighted by Gasteiger charge is 2.19. The highest BCUT2D eigenvalue weighted by Crippen LogP contribution is 2.37. The summed E-state index contributed by atoms with van der Waals surface area (Å²) < 4.78 is 10.7. The van der Waals surface area contributed by atoms with Crippen molar-refractivity contribution in [1.82, 2.24) is 9.97 Å². The molecule has 6 nitrogen and oxygen atoms in total. The van der Waals surface area contributed by atoms with Crippen molar-refractivity contribution < 1.29 is 9.47 Å². The Labute approximate surface area is 159 Å². The SMILES string of the molecule is COc1cc(Nc2nc(C)cc(N3CCCC(C)C3)n2)c(OC)cc1Cl.